The maximum atomic E-state index is 13.3. The molecule has 8 nitrogen and oxygen atoms in total. The molecule has 4 aliphatic rings. The Morgan fingerprint density at radius 1 is 1.27 bits per heavy atom. The van der Waals surface area contributed by atoms with E-state index in [9.17, 15) is 14.4 Å². The molecule has 1 aromatic carbocycles. The van der Waals surface area contributed by atoms with Crippen molar-refractivity contribution in [1.29, 1.82) is 0 Å². The van der Waals surface area contributed by atoms with Gasteiger partial charge in [-0.25, -0.2) is 0 Å². The zero-order chi connectivity index (χ0) is 20.9. The molecule has 3 saturated heterocycles. The number of nitrogens with one attached hydrogen (secondary N) is 2. The van der Waals surface area contributed by atoms with Crippen LogP contribution >= 0.6 is 0 Å². The van der Waals surface area contributed by atoms with Crippen molar-refractivity contribution in [1.82, 2.24) is 20.4 Å². The Hall–Kier alpha value is -2.29. The van der Waals surface area contributed by atoms with Gasteiger partial charge >= 0.3 is 0 Å². The Kier molecular flexibility index (Phi) is 4.88. The summed E-state index contributed by atoms with van der Waals surface area (Å²) in [6.45, 7) is 6.73. The monoisotopic (exact) mass is 412 g/mol. The fourth-order valence-electron chi connectivity index (χ4n) is 5.48. The summed E-state index contributed by atoms with van der Waals surface area (Å²) < 4.78 is 6.28. The molecular weight excluding hydrogens is 384 g/mol. The van der Waals surface area contributed by atoms with Crippen LogP contribution in [0, 0.1) is 0 Å². The van der Waals surface area contributed by atoms with Crippen molar-refractivity contribution >= 4 is 17.7 Å². The minimum atomic E-state index is -0.577. The van der Waals surface area contributed by atoms with Crippen molar-refractivity contribution in [2.75, 3.05) is 26.2 Å². The van der Waals surface area contributed by atoms with Crippen LogP contribution in [-0.2, 0) is 27.4 Å². The van der Waals surface area contributed by atoms with E-state index in [2.05, 4.69) is 22.5 Å². The second-order valence-corrected chi connectivity index (χ2v) is 9.06. The first-order chi connectivity index (χ1) is 14.4. The number of carbonyl (C=O) groups excluding carboxylic acids is 3. The number of fused-ring (bicyclic) bond motifs is 1. The number of amides is 3. The van der Waals surface area contributed by atoms with Gasteiger partial charge in [-0.2, -0.15) is 0 Å². The van der Waals surface area contributed by atoms with Crippen LogP contribution in [0.3, 0.4) is 0 Å². The molecular formula is C22H28N4O4. The van der Waals surface area contributed by atoms with E-state index in [0.29, 0.717) is 19.5 Å². The second-order valence-electron chi connectivity index (χ2n) is 9.06. The lowest BCUT2D eigenvalue weighted by Gasteiger charge is -2.43. The van der Waals surface area contributed by atoms with E-state index in [1.165, 1.54) is 0 Å². The molecule has 160 valence electrons. The summed E-state index contributed by atoms with van der Waals surface area (Å²) in [4.78, 5) is 41.1. The molecule has 1 aromatic rings. The molecule has 3 atom stereocenters. The van der Waals surface area contributed by atoms with Crippen LogP contribution < -0.4 is 10.6 Å². The number of rotatable bonds is 3. The zero-order valence-electron chi connectivity index (χ0n) is 17.3. The Bertz CT molecular complexity index is 895. The number of morpholine rings is 1. The molecule has 3 unspecified atom stereocenters. The minimum absolute atomic E-state index is 0.103. The first-order valence-corrected chi connectivity index (χ1v) is 10.8. The van der Waals surface area contributed by atoms with Crippen LogP contribution in [-0.4, -0.2) is 71.4 Å². The fourth-order valence-corrected chi connectivity index (χ4v) is 5.48. The van der Waals surface area contributed by atoms with E-state index < -0.39 is 6.04 Å². The lowest BCUT2D eigenvalue weighted by atomic mass is 9.97. The van der Waals surface area contributed by atoms with Crippen LogP contribution in [0.25, 0.3) is 0 Å². The summed E-state index contributed by atoms with van der Waals surface area (Å²) in [5, 5.41) is 5.78. The Morgan fingerprint density at radius 2 is 2.13 bits per heavy atom. The Labute approximate surface area is 175 Å². The molecule has 5 rings (SSSR count). The van der Waals surface area contributed by atoms with Gasteiger partial charge in [0.15, 0.2) is 0 Å². The highest BCUT2D eigenvalue weighted by atomic mass is 16.5. The lowest BCUT2D eigenvalue weighted by Crippen LogP contribution is -2.55. The number of piperidine rings is 1. The molecule has 8 heteroatoms. The van der Waals surface area contributed by atoms with Crippen LogP contribution in [0.5, 0.6) is 0 Å². The number of hydrogen-bond donors (Lipinski definition) is 2. The van der Waals surface area contributed by atoms with Gasteiger partial charge in [0.05, 0.1) is 11.7 Å². The predicted octanol–water partition coefficient (Wildman–Crippen LogP) is 0.400. The first-order valence-electron chi connectivity index (χ1n) is 10.8. The zero-order valence-corrected chi connectivity index (χ0v) is 17.3. The average Bonchev–Trinajstić information content (AvgIpc) is 3.26. The highest BCUT2D eigenvalue weighted by Gasteiger charge is 2.43. The van der Waals surface area contributed by atoms with E-state index >= 15 is 0 Å². The molecule has 4 heterocycles. The highest BCUT2D eigenvalue weighted by molar-refractivity contribution is 6.05. The van der Waals surface area contributed by atoms with Crippen molar-refractivity contribution in [3.63, 3.8) is 0 Å². The van der Waals surface area contributed by atoms with Crippen LogP contribution in [0.4, 0.5) is 0 Å². The number of benzene rings is 1. The van der Waals surface area contributed by atoms with Gasteiger partial charge in [-0.15, -0.1) is 0 Å². The third kappa shape index (κ3) is 3.42. The summed E-state index contributed by atoms with van der Waals surface area (Å²) in [6, 6.07) is 5.40. The molecule has 0 saturated carbocycles. The molecule has 3 fully saturated rings. The number of imide groups is 1. The minimum Gasteiger partial charge on any atom is -0.368 e. The third-order valence-electron chi connectivity index (χ3n) is 6.72. The van der Waals surface area contributed by atoms with Crippen molar-refractivity contribution in [3.05, 3.63) is 34.9 Å². The van der Waals surface area contributed by atoms with E-state index in [1.807, 2.05) is 18.2 Å². The number of nitrogens with zero attached hydrogens (tertiary/aromatic N) is 2. The SMILES string of the molecule is CC1CN(Cc2cccc3c2C(=O)N(C2CCC(=O)NC2=O)C3)CC2(CCNC2)O1. The van der Waals surface area contributed by atoms with Gasteiger partial charge in [0.1, 0.15) is 6.04 Å². The lowest BCUT2D eigenvalue weighted by molar-refractivity contribution is -0.139. The van der Waals surface area contributed by atoms with E-state index in [-0.39, 0.29) is 35.8 Å². The van der Waals surface area contributed by atoms with Gasteiger partial charge in [-0.3, -0.25) is 24.6 Å². The topological polar surface area (TPSA) is 91.0 Å². The van der Waals surface area contributed by atoms with Gasteiger partial charge in [0, 0.05) is 44.7 Å². The van der Waals surface area contributed by atoms with Gasteiger partial charge in [-0.1, -0.05) is 18.2 Å². The Balaban J connectivity index is 1.36. The van der Waals surface area contributed by atoms with Gasteiger partial charge in [0.2, 0.25) is 11.8 Å². The maximum Gasteiger partial charge on any atom is 0.255 e. The molecule has 2 N–H and O–H groups in total. The maximum absolute atomic E-state index is 13.3. The van der Waals surface area contributed by atoms with Crippen LogP contribution in [0.15, 0.2) is 18.2 Å². The van der Waals surface area contributed by atoms with E-state index in [0.717, 1.165) is 49.3 Å². The molecule has 4 aliphatic heterocycles. The Morgan fingerprint density at radius 3 is 2.90 bits per heavy atom. The first kappa shape index (κ1) is 19.7. The fraction of sp³-hybridized carbons (Fsp3) is 0.591. The quantitative estimate of drug-likeness (QED) is 0.699. The summed E-state index contributed by atoms with van der Waals surface area (Å²) in [6.07, 6.45) is 1.80. The number of ether oxygens (including phenoxy) is 1. The third-order valence-corrected chi connectivity index (χ3v) is 6.72. The summed E-state index contributed by atoms with van der Waals surface area (Å²) >= 11 is 0. The second kappa shape index (κ2) is 7.44. The molecule has 0 radical (unpaired) electrons. The normalized spacial score (nSPS) is 32.0. The van der Waals surface area contributed by atoms with Crippen molar-refractivity contribution < 1.29 is 19.1 Å². The van der Waals surface area contributed by atoms with Gasteiger partial charge < -0.3 is 15.0 Å². The molecule has 30 heavy (non-hydrogen) atoms. The molecule has 0 bridgehead atoms. The van der Waals surface area contributed by atoms with Crippen molar-refractivity contribution in [2.24, 2.45) is 0 Å². The van der Waals surface area contributed by atoms with E-state index in [4.69, 9.17) is 4.74 Å². The largest absolute Gasteiger partial charge is 0.368 e. The predicted molar refractivity (Wildman–Crippen MR) is 109 cm³/mol. The summed E-state index contributed by atoms with van der Waals surface area (Å²) in [7, 11) is 0. The summed E-state index contributed by atoms with van der Waals surface area (Å²) in [5.41, 5.74) is 2.54. The van der Waals surface area contributed by atoms with Crippen LogP contribution in [0.2, 0.25) is 0 Å². The standard InChI is InChI=1S/C22H28N4O4/c1-14-9-25(13-22(30-14)7-8-23-12-22)10-15-3-2-4-16-11-26(21(29)19(15)16)17-5-6-18(27)24-20(17)28/h2-4,14,17,23H,5-13H2,1H3,(H,24,27,28). The van der Waals surface area contributed by atoms with Gasteiger partial charge in [-0.05, 0) is 37.4 Å². The van der Waals surface area contributed by atoms with E-state index in [1.54, 1.807) is 4.90 Å². The average molecular weight is 412 g/mol. The van der Waals surface area contributed by atoms with Gasteiger partial charge in [0.25, 0.3) is 5.91 Å². The molecule has 1 spiro atoms. The molecule has 3 amide bonds. The summed E-state index contributed by atoms with van der Waals surface area (Å²) in [5.74, 6) is -0.738. The molecule has 0 aromatic heterocycles. The number of hydrogen-bond acceptors (Lipinski definition) is 6. The van der Waals surface area contributed by atoms with Crippen molar-refractivity contribution in [3.8, 4) is 0 Å². The van der Waals surface area contributed by atoms with Crippen LogP contribution in [0.1, 0.15) is 47.7 Å². The smallest absolute Gasteiger partial charge is 0.255 e. The highest BCUT2D eigenvalue weighted by Crippen LogP contribution is 2.33. The van der Waals surface area contributed by atoms with Crippen molar-refractivity contribution in [2.45, 2.75) is 57.0 Å². The molecule has 0 aliphatic carbocycles. The number of carbonyl (C=O) groups is 3.